The average Bonchev–Trinajstić information content (AvgIpc) is 3.10. The van der Waals surface area contributed by atoms with E-state index in [1.807, 2.05) is 58.3 Å². The second kappa shape index (κ2) is 8.66. The molecule has 142 valence electrons. The van der Waals surface area contributed by atoms with Gasteiger partial charge in [0.15, 0.2) is 0 Å². The van der Waals surface area contributed by atoms with Crippen molar-refractivity contribution in [1.29, 1.82) is 0 Å². The van der Waals surface area contributed by atoms with Gasteiger partial charge in [0.05, 0.1) is 0 Å². The smallest absolute Gasteiger partial charge is 0.253 e. The number of Topliss-reactive ketones (excluding diaryl/α,β-unsaturated/α-hetero) is 1. The van der Waals surface area contributed by atoms with Crippen LogP contribution < -0.4 is 0 Å². The quantitative estimate of drug-likeness (QED) is 0.816. The second-order valence-electron chi connectivity index (χ2n) is 6.87. The summed E-state index contributed by atoms with van der Waals surface area (Å²) in [4.78, 5) is 39.7. The molecule has 6 nitrogen and oxygen atoms in total. The molecule has 27 heavy (non-hydrogen) atoms. The predicted octanol–water partition coefficient (Wildman–Crippen LogP) is 2.52. The van der Waals surface area contributed by atoms with Gasteiger partial charge in [-0.15, -0.1) is 0 Å². The molecule has 3 rings (SSSR count). The summed E-state index contributed by atoms with van der Waals surface area (Å²) in [5, 5.41) is 0. The van der Waals surface area contributed by atoms with Crippen molar-refractivity contribution in [2.45, 2.75) is 26.2 Å². The number of ketones is 1. The number of carbonyl (C=O) groups is 3. The summed E-state index contributed by atoms with van der Waals surface area (Å²) < 4.78 is 1.99. The molecule has 1 saturated heterocycles. The van der Waals surface area contributed by atoms with E-state index < -0.39 is 0 Å². The third-order valence-corrected chi connectivity index (χ3v) is 4.84. The van der Waals surface area contributed by atoms with Crippen molar-refractivity contribution in [2.75, 3.05) is 26.2 Å². The molecule has 0 spiro atoms. The Labute approximate surface area is 159 Å². The second-order valence-corrected chi connectivity index (χ2v) is 6.87. The van der Waals surface area contributed by atoms with E-state index in [1.54, 1.807) is 4.90 Å². The highest BCUT2D eigenvalue weighted by Crippen LogP contribution is 2.14. The Bertz CT molecular complexity index is 797. The number of hydrogen-bond donors (Lipinski definition) is 0. The summed E-state index contributed by atoms with van der Waals surface area (Å²) in [6.07, 6.45) is 5.21. The molecule has 6 heteroatoms. The number of carbonyl (C=O) groups excluding carboxylic acids is 3. The van der Waals surface area contributed by atoms with Crippen LogP contribution in [0.2, 0.25) is 0 Å². The minimum absolute atomic E-state index is 0.00410. The molecule has 0 atom stereocenters. The van der Waals surface area contributed by atoms with Gasteiger partial charge in [0.25, 0.3) is 5.91 Å². The Morgan fingerprint density at radius 2 is 1.48 bits per heavy atom. The van der Waals surface area contributed by atoms with Gasteiger partial charge < -0.3 is 19.2 Å². The van der Waals surface area contributed by atoms with Crippen molar-refractivity contribution in [3.63, 3.8) is 0 Å². The summed E-state index contributed by atoms with van der Waals surface area (Å²) in [5.74, 6) is 0.0148. The van der Waals surface area contributed by atoms with Crippen LogP contribution >= 0.6 is 0 Å². The zero-order valence-electron chi connectivity index (χ0n) is 15.6. The Hall–Kier alpha value is -2.89. The van der Waals surface area contributed by atoms with Gasteiger partial charge in [-0.2, -0.15) is 0 Å². The van der Waals surface area contributed by atoms with E-state index in [2.05, 4.69) is 0 Å². The van der Waals surface area contributed by atoms with Crippen LogP contribution in [-0.2, 0) is 9.59 Å². The molecule has 2 heterocycles. The van der Waals surface area contributed by atoms with Crippen LogP contribution in [0.1, 0.15) is 36.5 Å². The molecule has 1 aliphatic rings. The Morgan fingerprint density at radius 3 is 2.15 bits per heavy atom. The van der Waals surface area contributed by atoms with Crippen molar-refractivity contribution in [1.82, 2.24) is 14.4 Å². The molecule has 0 bridgehead atoms. The molecular weight excluding hydrogens is 342 g/mol. The first kappa shape index (κ1) is 18.9. The van der Waals surface area contributed by atoms with Crippen LogP contribution in [0.4, 0.5) is 0 Å². The molecule has 2 amide bonds. The molecule has 0 aliphatic carbocycles. The predicted molar refractivity (Wildman–Crippen MR) is 103 cm³/mol. The summed E-state index contributed by atoms with van der Waals surface area (Å²) in [6, 6.07) is 11.5. The van der Waals surface area contributed by atoms with Crippen LogP contribution in [-0.4, -0.2) is 58.1 Å². The standard InChI is InChI=1S/C21H25N3O3/c1-17(25)5-10-20(26)23-13-4-14-24(16-15-23)21(27)18-6-8-19(9-7-18)22-11-2-3-12-22/h2-3,6-9,11-12H,4-5,10,13-16H2,1H3. The van der Waals surface area contributed by atoms with Crippen molar-refractivity contribution in [3.8, 4) is 5.69 Å². The zero-order chi connectivity index (χ0) is 19.2. The highest BCUT2D eigenvalue weighted by Gasteiger charge is 2.22. The Kier molecular flexibility index (Phi) is 6.06. The van der Waals surface area contributed by atoms with Crippen molar-refractivity contribution in [2.24, 2.45) is 0 Å². The summed E-state index contributed by atoms with van der Waals surface area (Å²) in [5.41, 5.74) is 1.66. The van der Waals surface area contributed by atoms with Crippen LogP contribution in [0.3, 0.4) is 0 Å². The highest BCUT2D eigenvalue weighted by atomic mass is 16.2. The maximum Gasteiger partial charge on any atom is 0.253 e. The molecule has 1 aromatic carbocycles. The topological polar surface area (TPSA) is 62.6 Å². The van der Waals surface area contributed by atoms with Crippen LogP contribution in [0.25, 0.3) is 5.69 Å². The van der Waals surface area contributed by atoms with Gasteiger partial charge in [0.2, 0.25) is 5.91 Å². The molecule has 2 aromatic rings. The molecule has 0 N–H and O–H groups in total. The van der Waals surface area contributed by atoms with Crippen LogP contribution in [0.15, 0.2) is 48.8 Å². The molecule has 1 aromatic heterocycles. The zero-order valence-corrected chi connectivity index (χ0v) is 15.6. The SMILES string of the molecule is CC(=O)CCC(=O)N1CCCN(C(=O)c2ccc(-n3cccc3)cc2)CC1. The van der Waals surface area contributed by atoms with Gasteiger partial charge in [-0.1, -0.05) is 0 Å². The first-order chi connectivity index (χ1) is 13.0. The van der Waals surface area contributed by atoms with Crippen LogP contribution in [0.5, 0.6) is 0 Å². The van der Waals surface area contributed by atoms with Crippen LogP contribution in [0, 0.1) is 0 Å². The lowest BCUT2D eigenvalue weighted by molar-refractivity contribution is -0.132. The number of aromatic nitrogens is 1. The lowest BCUT2D eigenvalue weighted by Crippen LogP contribution is -2.37. The normalized spacial score (nSPS) is 14.7. The Balaban J connectivity index is 1.59. The maximum atomic E-state index is 12.8. The summed E-state index contributed by atoms with van der Waals surface area (Å²) in [7, 11) is 0. The van der Waals surface area contributed by atoms with E-state index in [0.29, 0.717) is 31.7 Å². The van der Waals surface area contributed by atoms with Gasteiger partial charge in [-0.25, -0.2) is 0 Å². The summed E-state index contributed by atoms with van der Waals surface area (Å²) in [6.45, 7) is 3.80. The highest BCUT2D eigenvalue weighted by molar-refractivity contribution is 5.94. The number of nitrogens with zero attached hydrogens (tertiary/aromatic N) is 3. The van der Waals surface area contributed by atoms with Crippen molar-refractivity contribution in [3.05, 3.63) is 54.4 Å². The van der Waals surface area contributed by atoms with E-state index >= 15 is 0 Å². The lowest BCUT2D eigenvalue weighted by atomic mass is 10.1. The fraction of sp³-hybridized carbons (Fsp3) is 0.381. The van der Waals surface area contributed by atoms with Gasteiger partial charge in [0.1, 0.15) is 5.78 Å². The van der Waals surface area contributed by atoms with Gasteiger partial charge in [0, 0.05) is 62.7 Å². The minimum atomic E-state index is -0.00732. The number of benzene rings is 1. The summed E-state index contributed by atoms with van der Waals surface area (Å²) >= 11 is 0. The lowest BCUT2D eigenvalue weighted by Gasteiger charge is -2.22. The molecular formula is C21H25N3O3. The number of hydrogen-bond acceptors (Lipinski definition) is 3. The van der Waals surface area contributed by atoms with E-state index in [0.717, 1.165) is 12.1 Å². The van der Waals surface area contributed by atoms with E-state index in [-0.39, 0.29) is 30.4 Å². The molecule has 1 aliphatic heterocycles. The largest absolute Gasteiger partial charge is 0.341 e. The van der Waals surface area contributed by atoms with Crippen molar-refractivity contribution < 1.29 is 14.4 Å². The average molecular weight is 367 g/mol. The fourth-order valence-corrected chi connectivity index (χ4v) is 3.28. The first-order valence-electron chi connectivity index (χ1n) is 9.34. The number of rotatable bonds is 5. The number of amides is 2. The van der Waals surface area contributed by atoms with Gasteiger partial charge >= 0.3 is 0 Å². The minimum Gasteiger partial charge on any atom is -0.341 e. The maximum absolute atomic E-state index is 12.8. The van der Waals surface area contributed by atoms with Gasteiger partial charge in [-0.05, 0) is 49.7 Å². The van der Waals surface area contributed by atoms with Crippen molar-refractivity contribution >= 4 is 17.6 Å². The Morgan fingerprint density at radius 1 is 0.852 bits per heavy atom. The fourth-order valence-electron chi connectivity index (χ4n) is 3.28. The first-order valence-corrected chi connectivity index (χ1v) is 9.34. The van der Waals surface area contributed by atoms with E-state index in [1.165, 1.54) is 6.92 Å². The molecule has 1 fully saturated rings. The molecule has 0 radical (unpaired) electrons. The van der Waals surface area contributed by atoms with E-state index in [4.69, 9.17) is 0 Å². The third-order valence-electron chi connectivity index (χ3n) is 4.84. The molecule has 0 unspecified atom stereocenters. The third kappa shape index (κ3) is 4.84. The monoisotopic (exact) mass is 367 g/mol. The van der Waals surface area contributed by atoms with Gasteiger partial charge in [-0.3, -0.25) is 9.59 Å². The van der Waals surface area contributed by atoms with E-state index in [9.17, 15) is 14.4 Å². The molecule has 0 saturated carbocycles.